The van der Waals surface area contributed by atoms with Crippen molar-refractivity contribution in [2.75, 3.05) is 7.05 Å². The van der Waals surface area contributed by atoms with Crippen molar-refractivity contribution in [1.82, 2.24) is 15.5 Å². The topological polar surface area (TPSA) is 37.8 Å². The predicted octanol–water partition coefficient (Wildman–Crippen LogP) is 2.72. The highest BCUT2D eigenvalue weighted by Crippen LogP contribution is 2.63. The zero-order valence-electron chi connectivity index (χ0n) is 9.94. The van der Waals surface area contributed by atoms with Crippen LogP contribution in [0.5, 0.6) is 0 Å². The maximum Gasteiger partial charge on any atom is 0.134 e. The summed E-state index contributed by atoms with van der Waals surface area (Å²) in [6.07, 6.45) is 5.37. The van der Waals surface area contributed by atoms with Crippen molar-refractivity contribution in [2.45, 2.75) is 44.6 Å². The molecular formula is C12H19N3S. The van der Waals surface area contributed by atoms with Crippen LogP contribution >= 0.6 is 11.3 Å². The molecule has 2 saturated carbocycles. The van der Waals surface area contributed by atoms with E-state index in [1.165, 1.54) is 29.3 Å². The number of hydrogen-bond donors (Lipinski definition) is 1. The first-order chi connectivity index (χ1) is 7.85. The van der Waals surface area contributed by atoms with Crippen LogP contribution in [0.3, 0.4) is 0 Å². The molecule has 1 N–H and O–H groups in total. The molecule has 3 nitrogen and oxygen atoms in total. The van der Waals surface area contributed by atoms with E-state index in [2.05, 4.69) is 22.4 Å². The van der Waals surface area contributed by atoms with Crippen molar-refractivity contribution >= 4 is 11.3 Å². The van der Waals surface area contributed by atoms with Crippen molar-refractivity contribution in [2.24, 2.45) is 11.8 Å². The Bertz CT molecular complexity index is 362. The molecule has 1 aromatic rings. The van der Waals surface area contributed by atoms with E-state index in [0.717, 1.165) is 24.2 Å². The van der Waals surface area contributed by atoms with Gasteiger partial charge in [0.1, 0.15) is 10.0 Å². The molecule has 88 valence electrons. The molecule has 0 saturated heterocycles. The second-order valence-electron chi connectivity index (χ2n) is 5.01. The number of hydrogen-bond acceptors (Lipinski definition) is 4. The number of nitrogens with one attached hydrogen (secondary N) is 1. The van der Waals surface area contributed by atoms with E-state index in [1.807, 2.05) is 18.4 Å². The van der Waals surface area contributed by atoms with Crippen molar-refractivity contribution in [3.8, 4) is 0 Å². The molecule has 0 aromatic carbocycles. The van der Waals surface area contributed by atoms with Crippen molar-refractivity contribution in [3.63, 3.8) is 0 Å². The summed E-state index contributed by atoms with van der Waals surface area (Å²) in [7, 11) is 2.00. The van der Waals surface area contributed by atoms with E-state index in [4.69, 9.17) is 0 Å². The maximum absolute atomic E-state index is 4.41. The average molecular weight is 237 g/mol. The third-order valence-corrected chi connectivity index (χ3v) is 5.34. The molecule has 3 unspecified atom stereocenters. The smallest absolute Gasteiger partial charge is 0.134 e. The van der Waals surface area contributed by atoms with Gasteiger partial charge in [-0.3, -0.25) is 0 Å². The lowest BCUT2D eigenvalue weighted by molar-refractivity contribution is 0.568. The zero-order valence-corrected chi connectivity index (χ0v) is 10.8. The summed E-state index contributed by atoms with van der Waals surface area (Å²) in [6.45, 7) is 2.19. The Hall–Kier alpha value is -0.480. The van der Waals surface area contributed by atoms with Crippen LogP contribution in [0.2, 0.25) is 0 Å². The van der Waals surface area contributed by atoms with Crippen LogP contribution in [-0.4, -0.2) is 17.2 Å². The van der Waals surface area contributed by atoms with Gasteiger partial charge >= 0.3 is 0 Å². The second-order valence-corrected chi connectivity index (χ2v) is 6.05. The first kappa shape index (κ1) is 10.7. The van der Waals surface area contributed by atoms with Crippen molar-refractivity contribution < 1.29 is 0 Å². The van der Waals surface area contributed by atoms with E-state index in [0.29, 0.717) is 6.04 Å². The average Bonchev–Trinajstić information content (AvgIpc) is 2.77. The van der Waals surface area contributed by atoms with Gasteiger partial charge in [-0.25, -0.2) is 0 Å². The third kappa shape index (κ3) is 1.59. The van der Waals surface area contributed by atoms with Crippen LogP contribution in [0.25, 0.3) is 0 Å². The number of nitrogens with zero attached hydrogens (tertiary/aromatic N) is 2. The van der Waals surface area contributed by atoms with Crippen LogP contribution in [0.15, 0.2) is 0 Å². The molecule has 2 aliphatic carbocycles. The standard InChI is InChI=1S/C12H19N3S/c1-3-9(13-2)11-14-15-12(16-11)10-7-5-4-6-8(7)10/h7-10,13H,3-6H2,1-2H3. The molecule has 4 heteroatoms. The lowest BCUT2D eigenvalue weighted by atomic mass is 10.1. The van der Waals surface area contributed by atoms with Crippen molar-refractivity contribution in [1.29, 1.82) is 0 Å². The molecule has 0 bridgehead atoms. The largest absolute Gasteiger partial charge is 0.311 e. The van der Waals surface area contributed by atoms with Gasteiger partial charge in [0.2, 0.25) is 0 Å². The van der Waals surface area contributed by atoms with Crippen LogP contribution in [0.4, 0.5) is 0 Å². The lowest BCUT2D eigenvalue weighted by Crippen LogP contribution is -2.14. The minimum absolute atomic E-state index is 0.393. The van der Waals surface area contributed by atoms with Crippen LogP contribution in [0.1, 0.15) is 54.6 Å². The Morgan fingerprint density at radius 3 is 2.75 bits per heavy atom. The number of fused-ring (bicyclic) bond motifs is 1. The fraction of sp³-hybridized carbons (Fsp3) is 0.833. The molecule has 1 heterocycles. The van der Waals surface area contributed by atoms with Gasteiger partial charge in [0.05, 0.1) is 6.04 Å². The molecule has 0 radical (unpaired) electrons. The van der Waals surface area contributed by atoms with Gasteiger partial charge in [-0.1, -0.05) is 24.7 Å². The lowest BCUT2D eigenvalue weighted by Gasteiger charge is -2.08. The number of aromatic nitrogens is 2. The summed E-state index contributed by atoms with van der Waals surface area (Å²) in [5, 5.41) is 14.5. The van der Waals surface area contributed by atoms with Gasteiger partial charge in [-0.15, -0.1) is 10.2 Å². The van der Waals surface area contributed by atoms with Gasteiger partial charge < -0.3 is 5.32 Å². The fourth-order valence-electron chi connectivity index (χ4n) is 3.21. The van der Waals surface area contributed by atoms with E-state index in [-0.39, 0.29) is 0 Å². The summed E-state index contributed by atoms with van der Waals surface area (Å²) in [6, 6.07) is 0.393. The van der Waals surface area contributed by atoms with E-state index in [9.17, 15) is 0 Å². The summed E-state index contributed by atoms with van der Waals surface area (Å²) < 4.78 is 0. The van der Waals surface area contributed by atoms with Crippen molar-refractivity contribution in [3.05, 3.63) is 10.0 Å². The van der Waals surface area contributed by atoms with Gasteiger partial charge in [0.15, 0.2) is 0 Å². The normalized spacial score (nSPS) is 33.8. The highest BCUT2D eigenvalue weighted by Gasteiger charge is 2.54. The Morgan fingerprint density at radius 2 is 2.12 bits per heavy atom. The molecule has 3 rings (SSSR count). The van der Waals surface area contributed by atoms with E-state index < -0.39 is 0 Å². The molecule has 2 aliphatic rings. The molecule has 2 fully saturated rings. The SMILES string of the molecule is CCC(NC)c1nnc(C2C3CCCC32)s1. The zero-order chi connectivity index (χ0) is 11.1. The molecule has 0 aliphatic heterocycles. The van der Waals surface area contributed by atoms with E-state index in [1.54, 1.807) is 0 Å². The molecule has 0 spiro atoms. The second kappa shape index (κ2) is 4.08. The summed E-state index contributed by atoms with van der Waals surface area (Å²) in [5.74, 6) is 2.68. The monoisotopic (exact) mass is 237 g/mol. The number of rotatable bonds is 4. The molecule has 1 aromatic heterocycles. The molecule has 0 amide bonds. The predicted molar refractivity (Wildman–Crippen MR) is 65.6 cm³/mol. The molecule has 3 atom stereocenters. The molecular weight excluding hydrogens is 218 g/mol. The Labute approximate surface area is 101 Å². The maximum atomic E-state index is 4.41. The Morgan fingerprint density at radius 1 is 1.38 bits per heavy atom. The minimum atomic E-state index is 0.393. The van der Waals surface area contributed by atoms with E-state index >= 15 is 0 Å². The third-order valence-electron chi connectivity index (χ3n) is 4.20. The summed E-state index contributed by atoms with van der Waals surface area (Å²) in [4.78, 5) is 0. The van der Waals surface area contributed by atoms with Crippen LogP contribution < -0.4 is 5.32 Å². The van der Waals surface area contributed by atoms with Gasteiger partial charge in [0.25, 0.3) is 0 Å². The first-order valence-electron chi connectivity index (χ1n) is 6.35. The fourth-order valence-corrected chi connectivity index (χ4v) is 4.50. The van der Waals surface area contributed by atoms with Gasteiger partial charge in [-0.2, -0.15) is 0 Å². The quantitative estimate of drug-likeness (QED) is 0.875. The van der Waals surface area contributed by atoms with Gasteiger partial charge in [0, 0.05) is 5.92 Å². The summed E-state index contributed by atoms with van der Waals surface area (Å²) >= 11 is 1.83. The van der Waals surface area contributed by atoms with Crippen LogP contribution in [0, 0.1) is 11.8 Å². The summed E-state index contributed by atoms with van der Waals surface area (Å²) in [5.41, 5.74) is 0. The Balaban J connectivity index is 1.73. The highest BCUT2D eigenvalue weighted by atomic mass is 32.1. The first-order valence-corrected chi connectivity index (χ1v) is 7.17. The Kier molecular flexibility index (Phi) is 2.72. The van der Waals surface area contributed by atoms with Crippen LogP contribution in [-0.2, 0) is 0 Å². The highest BCUT2D eigenvalue weighted by molar-refractivity contribution is 7.11. The minimum Gasteiger partial charge on any atom is -0.311 e. The van der Waals surface area contributed by atoms with Gasteiger partial charge in [-0.05, 0) is 38.1 Å². The molecule has 16 heavy (non-hydrogen) atoms.